The van der Waals surface area contributed by atoms with Crippen molar-refractivity contribution in [2.24, 2.45) is 0 Å². The minimum atomic E-state index is -0.878. The first-order valence-corrected chi connectivity index (χ1v) is 15.0. The van der Waals surface area contributed by atoms with Crippen LogP contribution < -0.4 is 0 Å². The molecule has 0 bridgehead atoms. The summed E-state index contributed by atoms with van der Waals surface area (Å²) in [4.78, 5) is 32.4. The van der Waals surface area contributed by atoms with Gasteiger partial charge in [0.15, 0.2) is 0 Å². The van der Waals surface area contributed by atoms with Gasteiger partial charge in [-0.3, -0.25) is 6.08 Å². The summed E-state index contributed by atoms with van der Waals surface area (Å²) in [5.74, 6) is -2.63. The van der Waals surface area contributed by atoms with E-state index in [1.807, 2.05) is 91.0 Å². The van der Waals surface area contributed by atoms with E-state index in [9.17, 15) is 14.4 Å². The van der Waals surface area contributed by atoms with E-state index in [1.165, 1.54) is 16.7 Å². The molecule has 1 aliphatic rings. The van der Waals surface area contributed by atoms with E-state index in [0.29, 0.717) is 16.7 Å². The Bertz CT molecular complexity index is 1910. The summed E-state index contributed by atoms with van der Waals surface area (Å²) in [5.41, 5.74) is 5.32. The van der Waals surface area contributed by atoms with Crippen molar-refractivity contribution >= 4 is 50.2 Å². The third kappa shape index (κ3) is 9.38. The van der Waals surface area contributed by atoms with Gasteiger partial charge in [-0.1, -0.05) is 123 Å². The molecule has 0 radical (unpaired) electrons. The number of hydrogen-bond donors (Lipinski definition) is 3. The molecule has 0 aliphatic heterocycles. The summed E-state index contributed by atoms with van der Waals surface area (Å²) in [6.45, 7) is 6.44. The van der Waals surface area contributed by atoms with E-state index in [0.717, 1.165) is 38.7 Å². The quantitative estimate of drug-likeness (QED) is 0.128. The molecule has 48 heavy (non-hydrogen) atoms. The molecule has 1 aliphatic carbocycles. The maximum absolute atomic E-state index is 10.8. The number of carboxylic acids is 3. The zero-order chi connectivity index (χ0) is 33.9. The Balaban J connectivity index is 0.000000175. The number of rotatable bonds is 3. The van der Waals surface area contributed by atoms with Crippen LogP contribution in [0.3, 0.4) is 0 Å². The van der Waals surface area contributed by atoms with Crippen molar-refractivity contribution in [1.29, 1.82) is 0 Å². The Morgan fingerprint density at radius 1 is 0.479 bits per heavy atom. The van der Waals surface area contributed by atoms with E-state index >= 15 is 0 Å². The van der Waals surface area contributed by atoms with E-state index in [4.69, 9.17) is 15.3 Å². The van der Waals surface area contributed by atoms with Gasteiger partial charge in [-0.25, -0.2) is 20.0 Å². The van der Waals surface area contributed by atoms with Gasteiger partial charge in [0.25, 0.3) is 0 Å². The maximum atomic E-state index is 10.8. The molecule has 0 unspecified atom stereocenters. The molecule has 6 aromatic rings. The van der Waals surface area contributed by atoms with Gasteiger partial charge in [-0.15, -0.1) is 13.3 Å². The van der Waals surface area contributed by atoms with Gasteiger partial charge in [0.2, 0.25) is 0 Å². The number of carbonyl (C=O) groups is 3. The molecule has 0 heterocycles. The van der Waals surface area contributed by atoms with Crippen LogP contribution in [0.15, 0.2) is 144 Å². The molecule has 0 spiro atoms. The second-order valence-electron chi connectivity index (χ2n) is 10.9. The molecular formula is C41H35O6Ti-. The summed E-state index contributed by atoms with van der Waals surface area (Å²) in [5, 5.41) is 31.9. The molecule has 0 amide bonds. The molecule has 3 N–H and O–H groups in total. The van der Waals surface area contributed by atoms with Crippen molar-refractivity contribution in [2.75, 3.05) is 0 Å². The molecule has 0 atom stereocenters. The zero-order valence-corrected chi connectivity index (χ0v) is 28.5. The minimum Gasteiger partial charge on any atom is -0.478 e. The van der Waals surface area contributed by atoms with Gasteiger partial charge in [0.1, 0.15) is 0 Å². The van der Waals surface area contributed by atoms with Crippen LogP contribution in [0.1, 0.15) is 58.3 Å². The van der Waals surface area contributed by atoms with E-state index in [1.54, 1.807) is 36.4 Å². The number of allylic oxidation sites excluding steroid dienone is 4. The van der Waals surface area contributed by atoms with E-state index in [2.05, 4.69) is 26.8 Å². The Labute approximate surface area is 294 Å². The number of fused-ring (bicyclic) bond motifs is 3. The molecule has 0 aromatic heterocycles. The molecule has 6 aromatic carbocycles. The number of benzene rings is 6. The molecule has 0 saturated heterocycles. The van der Waals surface area contributed by atoms with Crippen LogP contribution in [0.2, 0.25) is 0 Å². The van der Waals surface area contributed by atoms with Gasteiger partial charge in [-0.2, -0.15) is 11.1 Å². The number of carboxylic acid groups (broad SMARTS) is 3. The third-order valence-corrected chi connectivity index (χ3v) is 7.88. The molecular weight excluding hydrogens is 636 g/mol. The van der Waals surface area contributed by atoms with Crippen LogP contribution in [0.25, 0.3) is 32.3 Å². The molecule has 7 heteroatoms. The second kappa shape index (κ2) is 17.6. The fourth-order valence-corrected chi connectivity index (χ4v) is 5.09. The molecule has 240 valence electrons. The van der Waals surface area contributed by atoms with Gasteiger partial charge in [0.05, 0.1) is 16.7 Å². The predicted octanol–water partition coefficient (Wildman–Crippen LogP) is 10.1. The number of aromatic carboxylic acids is 3. The normalized spacial score (nSPS) is 11.5. The van der Waals surface area contributed by atoms with Crippen LogP contribution in [0.5, 0.6) is 0 Å². The van der Waals surface area contributed by atoms with Crippen LogP contribution >= 0.6 is 0 Å². The minimum absolute atomic E-state index is 0. The van der Waals surface area contributed by atoms with Gasteiger partial charge in [0, 0.05) is 21.7 Å². The SMILES string of the molecule is CC1=[C-]CC(C)=C1C.O=C(O)c1cccc2ccccc12.O=C(O)c1cccc2ccccc12.O=C(O)c1cccc2ccccc12.[Ti]. The largest absolute Gasteiger partial charge is 0.478 e. The predicted molar refractivity (Wildman–Crippen MR) is 188 cm³/mol. The molecule has 0 saturated carbocycles. The van der Waals surface area contributed by atoms with E-state index < -0.39 is 17.9 Å². The monoisotopic (exact) mass is 671 g/mol. The van der Waals surface area contributed by atoms with Gasteiger partial charge in [-0.05, 0) is 50.5 Å². The van der Waals surface area contributed by atoms with Gasteiger partial charge >= 0.3 is 17.9 Å². The molecule has 0 fully saturated rings. The Morgan fingerprint density at radius 2 is 0.771 bits per heavy atom. The van der Waals surface area contributed by atoms with Gasteiger partial charge < -0.3 is 15.3 Å². The van der Waals surface area contributed by atoms with Crippen LogP contribution in [-0.4, -0.2) is 33.2 Å². The summed E-state index contributed by atoms with van der Waals surface area (Å²) >= 11 is 0. The van der Waals surface area contributed by atoms with Crippen molar-refractivity contribution in [1.82, 2.24) is 0 Å². The van der Waals surface area contributed by atoms with Crippen molar-refractivity contribution in [3.63, 3.8) is 0 Å². The standard InChI is InChI=1S/3C11H8O2.C8H11.Ti/c3*12-11(13)10-7-3-5-8-4-1-2-6-9(8)10;1-6-4-5-7(2)8(6)3;/h3*1-7H,(H,12,13);4H2,1-3H3;/q;;;-1;. The number of hydrogen-bond acceptors (Lipinski definition) is 3. The second-order valence-corrected chi connectivity index (χ2v) is 10.9. The maximum Gasteiger partial charge on any atom is 0.336 e. The zero-order valence-electron chi connectivity index (χ0n) is 26.9. The first kappa shape index (κ1) is 37.2. The first-order chi connectivity index (χ1) is 22.6. The Hall–Kier alpha value is -5.30. The average Bonchev–Trinajstić information content (AvgIpc) is 3.38. The molecule has 6 nitrogen and oxygen atoms in total. The van der Waals surface area contributed by atoms with Crippen LogP contribution in [0.4, 0.5) is 0 Å². The van der Waals surface area contributed by atoms with E-state index in [-0.39, 0.29) is 21.7 Å². The average molecular weight is 672 g/mol. The third-order valence-electron chi connectivity index (χ3n) is 7.88. The van der Waals surface area contributed by atoms with Crippen molar-refractivity contribution in [3.8, 4) is 0 Å². The summed E-state index contributed by atoms with van der Waals surface area (Å²) < 4.78 is 0. The topological polar surface area (TPSA) is 112 Å². The fraction of sp³-hybridized carbons (Fsp3) is 0.0976. The van der Waals surface area contributed by atoms with Crippen molar-refractivity contribution in [2.45, 2.75) is 27.2 Å². The van der Waals surface area contributed by atoms with Crippen LogP contribution in [0, 0.1) is 6.08 Å². The Kier molecular flexibility index (Phi) is 13.6. The Morgan fingerprint density at radius 3 is 1.00 bits per heavy atom. The van der Waals surface area contributed by atoms with Crippen molar-refractivity contribution < 1.29 is 51.4 Å². The summed E-state index contributed by atoms with van der Waals surface area (Å²) in [6.07, 6.45) is 4.31. The van der Waals surface area contributed by atoms with Crippen LogP contribution in [-0.2, 0) is 21.7 Å². The molecule has 7 rings (SSSR count). The smallest absolute Gasteiger partial charge is 0.336 e. The summed E-state index contributed by atoms with van der Waals surface area (Å²) in [7, 11) is 0. The first-order valence-electron chi connectivity index (χ1n) is 15.0. The fourth-order valence-electron chi connectivity index (χ4n) is 5.09. The van der Waals surface area contributed by atoms with Crippen molar-refractivity contribution in [3.05, 3.63) is 167 Å². The summed E-state index contributed by atoms with van der Waals surface area (Å²) in [6, 6.07) is 38.2.